The lowest BCUT2D eigenvalue weighted by atomic mass is 10.1. The van der Waals surface area contributed by atoms with E-state index in [2.05, 4.69) is 21.2 Å². The molecule has 1 aromatic carbocycles. The molecule has 5 heteroatoms. The van der Waals surface area contributed by atoms with Gasteiger partial charge < -0.3 is 14.8 Å². The van der Waals surface area contributed by atoms with Crippen molar-refractivity contribution in [1.29, 1.82) is 0 Å². The zero-order chi connectivity index (χ0) is 13.5. The van der Waals surface area contributed by atoms with E-state index in [0.717, 1.165) is 10.0 Å². The van der Waals surface area contributed by atoms with Crippen LogP contribution in [0, 0.1) is 0 Å². The molecule has 0 aromatic heterocycles. The van der Waals surface area contributed by atoms with Gasteiger partial charge in [-0.1, -0.05) is 22.0 Å². The maximum absolute atomic E-state index is 11.3. The molecule has 1 rings (SSSR count). The summed E-state index contributed by atoms with van der Waals surface area (Å²) in [5, 5.41) is 3.14. The number of esters is 1. The first-order valence-corrected chi connectivity index (χ1v) is 6.63. The number of benzene rings is 1. The molecule has 0 aliphatic carbocycles. The lowest BCUT2D eigenvalue weighted by Crippen LogP contribution is -2.17. The number of ether oxygens (including phenoxy) is 2. The van der Waals surface area contributed by atoms with Crippen LogP contribution in [0.2, 0.25) is 0 Å². The molecule has 1 atom stereocenters. The summed E-state index contributed by atoms with van der Waals surface area (Å²) in [5.74, 6) is 0.319. The van der Waals surface area contributed by atoms with Gasteiger partial charge >= 0.3 is 5.97 Å². The first-order valence-electron chi connectivity index (χ1n) is 5.83. The standard InChI is InChI=1S/C13H18BrNO3/c1-4-17-13(16)8-18-12-7-10(14)5-6-11(12)9(2)15-3/h5-7,9,15H,4,8H2,1-3H3. The molecule has 0 fully saturated rings. The van der Waals surface area contributed by atoms with Crippen LogP contribution in [0.15, 0.2) is 22.7 Å². The fraction of sp³-hybridized carbons (Fsp3) is 0.462. The van der Waals surface area contributed by atoms with Crippen molar-refractivity contribution in [2.45, 2.75) is 19.9 Å². The first kappa shape index (κ1) is 15.0. The second-order valence-corrected chi connectivity index (χ2v) is 4.70. The predicted molar refractivity (Wildman–Crippen MR) is 73.7 cm³/mol. The summed E-state index contributed by atoms with van der Waals surface area (Å²) in [5.41, 5.74) is 1.00. The average Bonchev–Trinajstić information content (AvgIpc) is 2.36. The van der Waals surface area contributed by atoms with Gasteiger partial charge in [-0.25, -0.2) is 4.79 Å². The van der Waals surface area contributed by atoms with E-state index in [1.165, 1.54) is 0 Å². The number of carbonyl (C=O) groups excluding carboxylic acids is 1. The van der Waals surface area contributed by atoms with E-state index in [9.17, 15) is 4.79 Å². The SMILES string of the molecule is CCOC(=O)COc1cc(Br)ccc1C(C)NC. The fourth-order valence-electron chi connectivity index (χ4n) is 1.49. The molecule has 0 saturated carbocycles. The van der Waals surface area contributed by atoms with Crippen molar-refractivity contribution in [3.8, 4) is 5.75 Å². The molecular weight excluding hydrogens is 298 g/mol. The van der Waals surface area contributed by atoms with Crippen molar-refractivity contribution >= 4 is 21.9 Å². The highest BCUT2D eigenvalue weighted by molar-refractivity contribution is 9.10. The quantitative estimate of drug-likeness (QED) is 0.820. The van der Waals surface area contributed by atoms with Crippen molar-refractivity contribution in [3.05, 3.63) is 28.2 Å². The summed E-state index contributed by atoms with van der Waals surface area (Å²) >= 11 is 3.39. The summed E-state index contributed by atoms with van der Waals surface area (Å²) in [4.78, 5) is 11.3. The van der Waals surface area contributed by atoms with E-state index in [-0.39, 0.29) is 18.6 Å². The van der Waals surface area contributed by atoms with E-state index in [0.29, 0.717) is 12.4 Å². The van der Waals surface area contributed by atoms with Crippen LogP contribution < -0.4 is 10.1 Å². The Bertz CT molecular complexity index is 409. The average molecular weight is 316 g/mol. The number of rotatable bonds is 6. The van der Waals surface area contributed by atoms with Gasteiger partial charge in [-0.15, -0.1) is 0 Å². The van der Waals surface area contributed by atoms with Gasteiger partial charge in [0.25, 0.3) is 0 Å². The summed E-state index contributed by atoms with van der Waals surface area (Å²) in [6.07, 6.45) is 0. The zero-order valence-corrected chi connectivity index (χ0v) is 12.4. The number of hydrogen-bond donors (Lipinski definition) is 1. The lowest BCUT2D eigenvalue weighted by molar-refractivity contribution is -0.145. The van der Waals surface area contributed by atoms with E-state index < -0.39 is 0 Å². The maximum atomic E-state index is 11.3. The molecule has 0 heterocycles. The Morgan fingerprint density at radius 3 is 2.83 bits per heavy atom. The second-order valence-electron chi connectivity index (χ2n) is 3.79. The molecule has 1 N–H and O–H groups in total. The van der Waals surface area contributed by atoms with Gasteiger partial charge in [-0.3, -0.25) is 0 Å². The highest BCUT2D eigenvalue weighted by Crippen LogP contribution is 2.28. The normalized spacial score (nSPS) is 12.0. The summed E-state index contributed by atoms with van der Waals surface area (Å²) in [7, 11) is 1.88. The summed E-state index contributed by atoms with van der Waals surface area (Å²) in [6.45, 7) is 4.08. The van der Waals surface area contributed by atoms with Crippen LogP contribution in [-0.4, -0.2) is 26.2 Å². The van der Waals surface area contributed by atoms with Crippen molar-refractivity contribution < 1.29 is 14.3 Å². The first-order chi connectivity index (χ1) is 8.58. The highest BCUT2D eigenvalue weighted by atomic mass is 79.9. The minimum atomic E-state index is -0.361. The molecule has 0 bridgehead atoms. The molecule has 1 unspecified atom stereocenters. The lowest BCUT2D eigenvalue weighted by Gasteiger charge is -2.16. The Kier molecular flexibility index (Phi) is 6.15. The highest BCUT2D eigenvalue weighted by Gasteiger charge is 2.12. The largest absolute Gasteiger partial charge is 0.482 e. The molecule has 0 aliphatic rings. The van der Waals surface area contributed by atoms with Crippen LogP contribution >= 0.6 is 15.9 Å². The third-order valence-corrected chi connectivity index (χ3v) is 3.02. The minimum Gasteiger partial charge on any atom is -0.482 e. The molecule has 0 amide bonds. The number of halogens is 1. The topological polar surface area (TPSA) is 47.6 Å². The molecule has 0 aliphatic heterocycles. The van der Waals surface area contributed by atoms with Gasteiger partial charge in [0.05, 0.1) is 6.61 Å². The van der Waals surface area contributed by atoms with Crippen molar-refractivity contribution in [3.63, 3.8) is 0 Å². The van der Waals surface area contributed by atoms with Crippen molar-refractivity contribution in [2.75, 3.05) is 20.3 Å². The van der Waals surface area contributed by atoms with Gasteiger partial charge in [0, 0.05) is 16.1 Å². The van der Waals surface area contributed by atoms with Crippen LogP contribution in [0.5, 0.6) is 5.75 Å². The number of carbonyl (C=O) groups is 1. The van der Waals surface area contributed by atoms with Crippen molar-refractivity contribution in [1.82, 2.24) is 5.32 Å². The Morgan fingerprint density at radius 2 is 2.22 bits per heavy atom. The van der Waals surface area contributed by atoms with Gasteiger partial charge in [0.15, 0.2) is 6.61 Å². The van der Waals surface area contributed by atoms with E-state index in [4.69, 9.17) is 9.47 Å². The van der Waals surface area contributed by atoms with E-state index in [1.807, 2.05) is 32.2 Å². The van der Waals surface area contributed by atoms with Crippen LogP contribution in [-0.2, 0) is 9.53 Å². The smallest absolute Gasteiger partial charge is 0.344 e. The Balaban J connectivity index is 2.79. The van der Waals surface area contributed by atoms with Gasteiger partial charge in [-0.2, -0.15) is 0 Å². The number of nitrogens with one attached hydrogen (secondary N) is 1. The molecule has 4 nitrogen and oxygen atoms in total. The van der Waals surface area contributed by atoms with Crippen LogP contribution in [0.25, 0.3) is 0 Å². The summed E-state index contributed by atoms with van der Waals surface area (Å²) < 4.78 is 11.3. The molecule has 18 heavy (non-hydrogen) atoms. The summed E-state index contributed by atoms with van der Waals surface area (Å²) in [6, 6.07) is 5.91. The van der Waals surface area contributed by atoms with Gasteiger partial charge in [0.1, 0.15) is 5.75 Å². The zero-order valence-electron chi connectivity index (χ0n) is 10.8. The van der Waals surface area contributed by atoms with Gasteiger partial charge in [-0.05, 0) is 33.0 Å². The Hall–Kier alpha value is -1.07. The molecule has 0 radical (unpaired) electrons. The third-order valence-electron chi connectivity index (χ3n) is 2.53. The molecule has 0 spiro atoms. The Labute approximate surface area is 116 Å². The predicted octanol–water partition coefficient (Wildman–Crippen LogP) is 2.67. The second kappa shape index (κ2) is 7.38. The van der Waals surface area contributed by atoms with E-state index >= 15 is 0 Å². The number of hydrogen-bond acceptors (Lipinski definition) is 4. The van der Waals surface area contributed by atoms with Gasteiger partial charge in [0.2, 0.25) is 0 Å². The van der Waals surface area contributed by atoms with Crippen LogP contribution in [0.3, 0.4) is 0 Å². The third kappa shape index (κ3) is 4.31. The Morgan fingerprint density at radius 1 is 1.50 bits per heavy atom. The monoisotopic (exact) mass is 315 g/mol. The molecule has 0 saturated heterocycles. The van der Waals surface area contributed by atoms with Crippen molar-refractivity contribution in [2.24, 2.45) is 0 Å². The van der Waals surface area contributed by atoms with Crippen LogP contribution in [0.1, 0.15) is 25.5 Å². The fourth-order valence-corrected chi connectivity index (χ4v) is 1.83. The molecular formula is C13H18BrNO3. The molecule has 100 valence electrons. The van der Waals surface area contributed by atoms with E-state index in [1.54, 1.807) is 6.92 Å². The minimum absolute atomic E-state index is 0.0757. The molecule has 1 aromatic rings. The maximum Gasteiger partial charge on any atom is 0.344 e. The van der Waals surface area contributed by atoms with Crippen LogP contribution in [0.4, 0.5) is 0 Å².